The van der Waals surface area contributed by atoms with E-state index in [4.69, 9.17) is 4.74 Å². The summed E-state index contributed by atoms with van der Waals surface area (Å²) in [5.41, 5.74) is 0.346. The first kappa shape index (κ1) is 15.1. The van der Waals surface area contributed by atoms with Crippen LogP contribution in [0.3, 0.4) is 0 Å². The monoisotopic (exact) mass is 251 g/mol. The smallest absolute Gasteiger partial charge is 0.333 e. The molecule has 0 aromatic rings. The van der Waals surface area contributed by atoms with Crippen molar-refractivity contribution < 1.29 is 22.2 Å². The van der Waals surface area contributed by atoms with E-state index in [2.05, 4.69) is 16.8 Å². The lowest BCUT2D eigenvalue weighted by molar-refractivity contribution is -0.139. The van der Waals surface area contributed by atoms with Crippen LogP contribution in [0.25, 0.3) is 0 Å². The molecular weight excluding hydrogens is 234 g/mol. The minimum atomic E-state index is -3.58. The van der Waals surface area contributed by atoms with Crippen molar-refractivity contribution in [3.05, 3.63) is 12.2 Å². The Labute approximate surface area is 95.5 Å². The highest BCUT2D eigenvalue weighted by Crippen LogP contribution is 2.01. The Morgan fingerprint density at radius 2 is 1.94 bits per heavy atom. The molecule has 0 unspecified atom stereocenters. The summed E-state index contributed by atoms with van der Waals surface area (Å²) in [5, 5.41) is 0. The lowest BCUT2D eigenvalue weighted by atomic mass is 10.3. The van der Waals surface area contributed by atoms with Gasteiger partial charge in [-0.3, -0.25) is 0 Å². The zero-order valence-electron chi connectivity index (χ0n) is 9.27. The molecule has 0 fully saturated rings. The van der Waals surface area contributed by atoms with Gasteiger partial charge >= 0.3 is 5.97 Å². The highest BCUT2D eigenvalue weighted by Gasteiger charge is 2.08. The van der Waals surface area contributed by atoms with Gasteiger partial charge in [-0.25, -0.2) is 4.79 Å². The Kier molecular flexibility index (Phi) is 6.95. The molecule has 0 saturated carbocycles. The second-order valence-corrected chi connectivity index (χ2v) is 5.05. The van der Waals surface area contributed by atoms with Crippen LogP contribution in [-0.4, -0.2) is 26.7 Å². The van der Waals surface area contributed by atoms with Gasteiger partial charge in [-0.15, -0.1) is 0 Å². The molecule has 0 saturated heterocycles. The summed E-state index contributed by atoms with van der Waals surface area (Å²) in [5.74, 6) is 3.99. The summed E-state index contributed by atoms with van der Waals surface area (Å²) in [4.78, 5) is 10.9. The van der Waals surface area contributed by atoms with Gasteiger partial charge in [0.25, 0.3) is 10.1 Å². The number of hydrogen-bond acceptors (Lipinski definition) is 6. The third kappa shape index (κ3) is 7.38. The molecule has 0 aliphatic rings. The average molecular weight is 251 g/mol. The fraction of sp³-hybridized carbons (Fsp3) is 0.667. The number of carbonyl (C=O) groups is 1. The number of carbonyl (C=O) groups excluding carboxylic acids is 1. The first-order valence-corrected chi connectivity index (χ1v) is 6.40. The minimum absolute atomic E-state index is 0.127. The highest BCUT2D eigenvalue weighted by molar-refractivity contribution is 7.86. The van der Waals surface area contributed by atoms with Gasteiger partial charge in [-0.1, -0.05) is 6.58 Å². The second kappa shape index (κ2) is 7.37. The Morgan fingerprint density at radius 3 is 2.44 bits per heavy atom. The van der Waals surface area contributed by atoms with E-state index in [-0.39, 0.29) is 12.4 Å². The van der Waals surface area contributed by atoms with Crippen LogP contribution in [0.1, 0.15) is 26.2 Å². The van der Waals surface area contributed by atoms with Crippen LogP contribution in [0.15, 0.2) is 12.2 Å². The zero-order valence-corrected chi connectivity index (χ0v) is 10.1. The fourth-order valence-corrected chi connectivity index (χ4v) is 1.55. The highest BCUT2D eigenvalue weighted by atomic mass is 32.2. The molecule has 0 aromatic carbocycles. The Balaban J connectivity index is 3.49. The van der Waals surface area contributed by atoms with Crippen molar-refractivity contribution in [2.45, 2.75) is 26.2 Å². The number of ether oxygens (including phenoxy) is 1. The van der Waals surface area contributed by atoms with Crippen molar-refractivity contribution >= 4 is 16.1 Å². The second-order valence-electron chi connectivity index (χ2n) is 3.33. The maximum Gasteiger partial charge on any atom is 0.333 e. The molecule has 0 aliphatic carbocycles. The minimum Gasteiger partial charge on any atom is -0.462 e. The molecule has 0 aliphatic heterocycles. The summed E-state index contributed by atoms with van der Waals surface area (Å²) in [6.45, 7) is 5.25. The standard InChI is InChI=1S/C9H17NO5S/c1-8(2)9(11)14-6-4-3-5-7-16(12,13)15-10/h1,3-7,10H2,2H3. The number of hydrogen-bond donors (Lipinski definition) is 1. The zero-order chi connectivity index (χ0) is 12.6. The van der Waals surface area contributed by atoms with E-state index in [1.165, 1.54) is 0 Å². The summed E-state index contributed by atoms with van der Waals surface area (Å²) in [6.07, 6.45) is 1.63. The van der Waals surface area contributed by atoms with Crippen molar-refractivity contribution in [1.82, 2.24) is 0 Å². The average Bonchev–Trinajstić information content (AvgIpc) is 2.22. The van der Waals surface area contributed by atoms with Gasteiger partial charge < -0.3 is 4.74 Å². The third-order valence-electron chi connectivity index (χ3n) is 1.77. The largest absolute Gasteiger partial charge is 0.462 e. The Morgan fingerprint density at radius 1 is 1.31 bits per heavy atom. The third-order valence-corrected chi connectivity index (χ3v) is 2.85. The SMILES string of the molecule is C=C(C)C(=O)OCCCCCS(=O)(=O)ON. The Bertz CT molecular complexity index is 336. The van der Waals surface area contributed by atoms with Crippen LogP contribution in [0, 0.1) is 0 Å². The predicted octanol–water partition coefficient (Wildman–Crippen LogP) is 0.496. The van der Waals surface area contributed by atoms with Gasteiger partial charge in [0.15, 0.2) is 0 Å². The molecule has 94 valence electrons. The van der Waals surface area contributed by atoms with Crippen LogP contribution in [0.2, 0.25) is 0 Å². The Hall–Kier alpha value is -0.920. The van der Waals surface area contributed by atoms with E-state index in [0.717, 1.165) is 0 Å². The number of esters is 1. The van der Waals surface area contributed by atoms with Gasteiger partial charge in [0.05, 0.1) is 12.4 Å². The van der Waals surface area contributed by atoms with E-state index in [1.807, 2.05) is 0 Å². The number of nitrogens with two attached hydrogens (primary N) is 1. The molecule has 6 nitrogen and oxygen atoms in total. The number of rotatable bonds is 8. The molecule has 0 amide bonds. The lowest BCUT2D eigenvalue weighted by Crippen LogP contribution is -2.14. The maximum absolute atomic E-state index is 10.9. The van der Waals surface area contributed by atoms with Crippen molar-refractivity contribution in [1.29, 1.82) is 0 Å². The quantitative estimate of drug-likeness (QED) is 0.292. The molecule has 0 rings (SSSR count). The van der Waals surface area contributed by atoms with Gasteiger partial charge in [0, 0.05) is 5.57 Å². The van der Waals surface area contributed by atoms with Gasteiger partial charge in [0.1, 0.15) is 0 Å². The fourth-order valence-electron chi connectivity index (χ4n) is 0.894. The molecule has 0 radical (unpaired) electrons. The maximum atomic E-state index is 10.9. The molecule has 0 aromatic heterocycles. The normalized spacial score (nSPS) is 11.1. The molecular formula is C9H17NO5S. The van der Waals surface area contributed by atoms with Crippen molar-refractivity contribution in [2.24, 2.45) is 5.90 Å². The molecule has 0 heterocycles. The predicted molar refractivity (Wildman–Crippen MR) is 58.7 cm³/mol. The van der Waals surface area contributed by atoms with Crippen molar-refractivity contribution in [3.8, 4) is 0 Å². The first-order valence-electron chi connectivity index (χ1n) is 4.82. The van der Waals surface area contributed by atoms with E-state index >= 15 is 0 Å². The van der Waals surface area contributed by atoms with Crippen LogP contribution in [-0.2, 0) is 23.9 Å². The van der Waals surface area contributed by atoms with Crippen LogP contribution >= 0.6 is 0 Å². The summed E-state index contributed by atoms with van der Waals surface area (Å²) >= 11 is 0. The summed E-state index contributed by atoms with van der Waals surface area (Å²) in [7, 11) is -3.58. The van der Waals surface area contributed by atoms with Crippen LogP contribution < -0.4 is 5.90 Å². The molecule has 16 heavy (non-hydrogen) atoms. The van der Waals surface area contributed by atoms with Gasteiger partial charge in [-0.05, 0) is 26.2 Å². The van der Waals surface area contributed by atoms with Gasteiger partial charge in [-0.2, -0.15) is 18.6 Å². The molecule has 0 bridgehead atoms. The van der Waals surface area contributed by atoms with Crippen molar-refractivity contribution in [3.63, 3.8) is 0 Å². The number of unbranched alkanes of at least 4 members (excludes halogenated alkanes) is 2. The van der Waals surface area contributed by atoms with Gasteiger partial charge in [0.2, 0.25) is 0 Å². The lowest BCUT2D eigenvalue weighted by Gasteiger charge is -2.04. The summed E-state index contributed by atoms with van der Waals surface area (Å²) in [6, 6.07) is 0. The molecule has 2 N–H and O–H groups in total. The molecule has 0 atom stereocenters. The molecule has 7 heteroatoms. The topological polar surface area (TPSA) is 95.7 Å². The molecule has 0 spiro atoms. The van der Waals surface area contributed by atoms with Crippen LogP contribution in [0.4, 0.5) is 0 Å². The van der Waals surface area contributed by atoms with E-state index in [9.17, 15) is 13.2 Å². The van der Waals surface area contributed by atoms with E-state index < -0.39 is 16.1 Å². The van der Waals surface area contributed by atoms with Crippen LogP contribution in [0.5, 0.6) is 0 Å². The first-order chi connectivity index (χ1) is 7.39. The van der Waals surface area contributed by atoms with E-state index in [1.54, 1.807) is 6.92 Å². The van der Waals surface area contributed by atoms with E-state index in [0.29, 0.717) is 24.8 Å². The summed E-state index contributed by atoms with van der Waals surface area (Å²) < 4.78 is 30.2. The van der Waals surface area contributed by atoms with Crippen molar-refractivity contribution in [2.75, 3.05) is 12.4 Å².